The van der Waals surface area contributed by atoms with Crippen molar-refractivity contribution in [3.63, 3.8) is 0 Å². The summed E-state index contributed by atoms with van der Waals surface area (Å²) in [5.41, 5.74) is 1.94. The van der Waals surface area contributed by atoms with Crippen molar-refractivity contribution in [2.45, 2.75) is 49.8 Å². The van der Waals surface area contributed by atoms with Gasteiger partial charge >= 0.3 is 0 Å². The molecule has 6 atom stereocenters. The van der Waals surface area contributed by atoms with Gasteiger partial charge in [-0.15, -0.1) is 0 Å². The zero-order valence-corrected chi connectivity index (χ0v) is 16.4. The van der Waals surface area contributed by atoms with E-state index in [0.717, 1.165) is 22.4 Å². The van der Waals surface area contributed by atoms with Crippen LogP contribution in [0.2, 0.25) is 0 Å². The molecule has 6 heteroatoms. The molecule has 1 aliphatic heterocycles. The van der Waals surface area contributed by atoms with Crippen molar-refractivity contribution < 1.29 is 29.9 Å². The largest absolute Gasteiger partial charge is 0.494 e. The second-order valence-electron chi connectivity index (χ2n) is 8.00. The van der Waals surface area contributed by atoms with Gasteiger partial charge in [0.05, 0.1) is 6.61 Å². The summed E-state index contributed by atoms with van der Waals surface area (Å²) in [6, 6.07) is 15.6. The molecule has 0 aromatic heterocycles. The molecule has 1 saturated carbocycles. The van der Waals surface area contributed by atoms with Crippen LogP contribution in [-0.2, 0) is 11.2 Å². The van der Waals surface area contributed by atoms with Crippen LogP contribution in [0.15, 0.2) is 48.5 Å². The van der Waals surface area contributed by atoms with Crippen molar-refractivity contribution in [2.24, 2.45) is 5.92 Å². The lowest BCUT2D eigenvalue weighted by molar-refractivity contribution is -0.242. The third-order valence-electron chi connectivity index (χ3n) is 6.07. The van der Waals surface area contributed by atoms with Gasteiger partial charge < -0.3 is 29.9 Å². The van der Waals surface area contributed by atoms with Crippen LogP contribution in [0.1, 0.15) is 36.1 Å². The van der Waals surface area contributed by atoms with E-state index in [1.807, 2.05) is 55.5 Å². The lowest BCUT2D eigenvalue weighted by Gasteiger charge is -2.42. The second-order valence-corrected chi connectivity index (χ2v) is 8.00. The zero-order valence-electron chi connectivity index (χ0n) is 16.4. The van der Waals surface area contributed by atoms with Gasteiger partial charge in [0, 0.05) is 12.5 Å². The predicted octanol–water partition coefficient (Wildman–Crippen LogP) is 1.58. The summed E-state index contributed by atoms with van der Waals surface area (Å²) in [5, 5.41) is 40.7. The van der Waals surface area contributed by atoms with E-state index in [1.165, 1.54) is 0 Å². The zero-order chi connectivity index (χ0) is 20.6. The average molecular weight is 400 g/mol. The molecule has 1 aliphatic carbocycles. The third-order valence-corrected chi connectivity index (χ3v) is 6.07. The fourth-order valence-electron chi connectivity index (χ4n) is 4.33. The van der Waals surface area contributed by atoms with E-state index in [1.54, 1.807) is 0 Å². The van der Waals surface area contributed by atoms with Crippen molar-refractivity contribution in [1.82, 2.24) is 0 Å². The Hall–Kier alpha value is -1.96. The topological polar surface area (TPSA) is 99.4 Å². The van der Waals surface area contributed by atoms with Gasteiger partial charge in [-0.25, -0.2) is 0 Å². The molecule has 0 amide bonds. The second kappa shape index (κ2) is 8.05. The van der Waals surface area contributed by atoms with E-state index in [4.69, 9.17) is 9.47 Å². The molecule has 29 heavy (non-hydrogen) atoms. The molecule has 0 radical (unpaired) electrons. The molecule has 1 spiro atoms. The number of rotatable bonds is 6. The summed E-state index contributed by atoms with van der Waals surface area (Å²) in [6.45, 7) is 2.46. The van der Waals surface area contributed by atoms with E-state index in [0.29, 0.717) is 19.4 Å². The molecule has 1 heterocycles. The highest BCUT2D eigenvalue weighted by atomic mass is 16.6. The van der Waals surface area contributed by atoms with Crippen molar-refractivity contribution in [3.8, 4) is 5.75 Å². The van der Waals surface area contributed by atoms with Gasteiger partial charge in [-0.2, -0.15) is 0 Å². The first kappa shape index (κ1) is 20.3. The quantitative estimate of drug-likeness (QED) is 0.588. The smallest absolute Gasteiger partial charge is 0.119 e. The molecule has 4 N–H and O–H groups in total. The molecule has 2 aromatic carbocycles. The molecule has 2 fully saturated rings. The minimum absolute atomic E-state index is 0.121. The van der Waals surface area contributed by atoms with Crippen LogP contribution >= 0.6 is 0 Å². The minimum atomic E-state index is -1.32. The van der Waals surface area contributed by atoms with Crippen LogP contribution in [0.3, 0.4) is 0 Å². The molecule has 4 rings (SSSR count). The molecule has 156 valence electrons. The fraction of sp³-hybridized carbons (Fsp3) is 0.478. The maximum atomic E-state index is 10.5. The van der Waals surface area contributed by atoms with Gasteiger partial charge in [0.2, 0.25) is 0 Å². The van der Waals surface area contributed by atoms with Crippen molar-refractivity contribution in [3.05, 3.63) is 65.2 Å². The van der Waals surface area contributed by atoms with E-state index in [-0.39, 0.29) is 12.5 Å². The molecule has 0 bridgehead atoms. The first-order valence-corrected chi connectivity index (χ1v) is 10.1. The number of ether oxygens (including phenoxy) is 2. The highest BCUT2D eigenvalue weighted by molar-refractivity contribution is 5.34. The highest BCUT2D eigenvalue weighted by Gasteiger charge is 2.66. The maximum absolute atomic E-state index is 10.5. The number of hydrogen-bond acceptors (Lipinski definition) is 6. The summed E-state index contributed by atoms with van der Waals surface area (Å²) in [6.07, 6.45) is -3.35. The van der Waals surface area contributed by atoms with Gasteiger partial charge in [0.25, 0.3) is 0 Å². The number of aliphatic hydroxyl groups is 4. The first-order valence-electron chi connectivity index (χ1n) is 10.1. The van der Waals surface area contributed by atoms with Crippen LogP contribution in [0.5, 0.6) is 5.75 Å². The highest BCUT2D eigenvalue weighted by Crippen LogP contribution is 2.56. The Morgan fingerprint density at radius 1 is 1.03 bits per heavy atom. The molecule has 2 aromatic rings. The standard InChI is InChI=1S/C23H28O6/c1-2-28-18-8-6-14(7-9-18)10-15-4-3-5-16(11-15)21-19(25)20(26)22(27)23(29-21)12-17(23)13-24/h3-9,11,17,19-22,24-27H,2,10,12-13H2,1H3/t17?,19-,20-,21+,22+,23?/m1/s1. The number of aliphatic hydroxyl groups excluding tert-OH is 4. The molecule has 2 aliphatic rings. The Kier molecular flexibility index (Phi) is 5.64. The fourth-order valence-corrected chi connectivity index (χ4v) is 4.33. The first-order chi connectivity index (χ1) is 14.0. The Bertz CT molecular complexity index is 838. The predicted molar refractivity (Wildman–Crippen MR) is 107 cm³/mol. The molecule has 2 unspecified atom stereocenters. The summed E-state index contributed by atoms with van der Waals surface area (Å²) in [7, 11) is 0. The van der Waals surface area contributed by atoms with Crippen molar-refractivity contribution in [2.75, 3.05) is 13.2 Å². The van der Waals surface area contributed by atoms with Gasteiger partial charge in [-0.05, 0) is 48.6 Å². The average Bonchev–Trinajstić information content (AvgIpc) is 3.45. The van der Waals surface area contributed by atoms with Crippen molar-refractivity contribution in [1.29, 1.82) is 0 Å². The van der Waals surface area contributed by atoms with Crippen LogP contribution in [0, 0.1) is 5.92 Å². The van der Waals surface area contributed by atoms with E-state index < -0.39 is 30.0 Å². The Balaban J connectivity index is 1.53. The molecule has 1 saturated heterocycles. The molecular weight excluding hydrogens is 372 g/mol. The Morgan fingerprint density at radius 2 is 1.79 bits per heavy atom. The Morgan fingerprint density at radius 3 is 2.45 bits per heavy atom. The lowest BCUT2D eigenvalue weighted by Crippen LogP contribution is -2.56. The molecular formula is C23H28O6. The van der Waals surface area contributed by atoms with Crippen LogP contribution < -0.4 is 4.74 Å². The van der Waals surface area contributed by atoms with E-state index >= 15 is 0 Å². The summed E-state index contributed by atoms with van der Waals surface area (Å²) in [5.74, 6) is 0.610. The van der Waals surface area contributed by atoms with E-state index in [2.05, 4.69) is 0 Å². The van der Waals surface area contributed by atoms with Gasteiger partial charge in [0.15, 0.2) is 0 Å². The lowest BCUT2D eigenvalue weighted by atomic mass is 9.88. The van der Waals surface area contributed by atoms with E-state index in [9.17, 15) is 20.4 Å². The molecule has 6 nitrogen and oxygen atoms in total. The Labute approximate surface area is 170 Å². The third kappa shape index (κ3) is 3.79. The van der Waals surface area contributed by atoms with Gasteiger partial charge in [-0.3, -0.25) is 0 Å². The summed E-state index contributed by atoms with van der Waals surface area (Å²) < 4.78 is 11.6. The summed E-state index contributed by atoms with van der Waals surface area (Å²) >= 11 is 0. The van der Waals surface area contributed by atoms with Gasteiger partial charge in [0.1, 0.15) is 35.8 Å². The SMILES string of the molecule is CCOc1ccc(Cc2cccc([C@@H]3OC4(CC4CO)[C@@H](O)[C@H](O)[C@H]3O)c2)cc1. The maximum Gasteiger partial charge on any atom is 0.119 e. The monoisotopic (exact) mass is 400 g/mol. The normalized spacial score (nSPS) is 33.6. The van der Waals surface area contributed by atoms with Crippen LogP contribution in [-0.4, -0.2) is 57.6 Å². The van der Waals surface area contributed by atoms with Crippen LogP contribution in [0.25, 0.3) is 0 Å². The number of benzene rings is 2. The summed E-state index contributed by atoms with van der Waals surface area (Å²) in [4.78, 5) is 0. The van der Waals surface area contributed by atoms with Gasteiger partial charge in [-0.1, -0.05) is 36.4 Å². The number of hydrogen-bond donors (Lipinski definition) is 4. The van der Waals surface area contributed by atoms with Crippen molar-refractivity contribution >= 4 is 0 Å². The van der Waals surface area contributed by atoms with Crippen LogP contribution in [0.4, 0.5) is 0 Å². The minimum Gasteiger partial charge on any atom is -0.494 e.